The first-order chi connectivity index (χ1) is 9.04. The highest BCUT2D eigenvalue weighted by atomic mass is 32.2. The van der Waals surface area contributed by atoms with Gasteiger partial charge in [0.1, 0.15) is 17.7 Å². The topological polar surface area (TPSA) is 49.4 Å². The molecule has 0 spiro atoms. The Balaban J connectivity index is 2.30. The van der Waals surface area contributed by atoms with Crippen molar-refractivity contribution in [1.82, 2.24) is 10.2 Å². The predicted molar refractivity (Wildman–Crippen MR) is 72.0 cm³/mol. The lowest BCUT2D eigenvalue weighted by Gasteiger charge is -2.23. The number of likely N-dealkylation sites (N-methyl/N-ethyl adjacent to an activating group) is 1. The lowest BCUT2D eigenvalue weighted by atomic mass is 10.2. The minimum absolute atomic E-state index is 0.0499. The Morgan fingerprint density at radius 2 is 2.16 bits per heavy atom. The van der Waals surface area contributed by atoms with Crippen LogP contribution in [-0.2, 0) is 9.59 Å². The minimum Gasteiger partial charge on any atom is -0.358 e. The number of benzene rings is 1. The number of nitrogens with one attached hydrogen (secondary N) is 1. The Morgan fingerprint density at radius 1 is 1.47 bits per heavy atom. The fourth-order valence-electron chi connectivity index (χ4n) is 1.99. The summed E-state index contributed by atoms with van der Waals surface area (Å²) in [6.07, 6.45) is 0. The van der Waals surface area contributed by atoms with Gasteiger partial charge in [-0.25, -0.2) is 4.39 Å². The van der Waals surface area contributed by atoms with Gasteiger partial charge in [0.15, 0.2) is 0 Å². The molecule has 6 heteroatoms. The number of hydrogen-bond donors (Lipinski definition) is 1. The molecule has 0 unspecified atom stereocenters. The lowest BCUT2D eigenvalue weighted by molar-refractivity contribution is -0.134. The summed E-state index contributed by atoms with van der Waals surface area (Å²) in [6.45, 7) is 1.72. The number of amides is 2. The molecule has 1 aromatic rings. The summed E-state index contributed by atoms with van der Waals surface area (Å²) in [7, 11) is 1.51. The number of halogens is 1. The van der Waals surface area contributed by atoms with E-state index in [2.05, 4.69) is 5.32 Å². The zero-order chi connectivity index (χ0) is 14.0. The molecular formula is C13H15FN2O2S. The van der Waals surface area contributed by atoms with Crippen LogP contribution in [0.25, 0.3) is 0 Å². The number of rotatable bonds is 3. The van der Waals surface area contributed by atoms with Crippen LogP contribution in [0.2, 0.25) is 0 Å². The molecule has 0 aliphatic carbocycles. The molecule has 2 atom stereocenters. The molecule has 0 saturated carbocycles. The number of carbonyl (C=O) groups excluding carboxylic acids is 2. The molecule has 2 amide bonds. The number of thioether (sulfide) groups is 1. The molecule has 1 fully saturated rings. The quantitative estimate of drug-likeness (QED) is 0.915. The van der Waals surface area contributed by atoms with E-state index in [4.69, 9.17) is 0 Å². The average molecular weight is 282 g/mol. The summed E-state index contributed by atoms with van der Waals surface area (Å²) >= 11 is 1.36. The molecule has 1 saturated heterocycles. The van der Waals surface area contributed by atoms with E-state index < -0.39 is 5.37 Å². The Morgan fingerprint density at radius 3 is 2.79 bits per heavy atom. The molecule has 0 radical (unpaired) electrons. The summed E-state index contributed by atoms with van der Waals surface area (Å²) in [5.41, 5.74) is 0.439. The molecular weight excluding hydrogens is 267 g/mol. The van der Waals surface area contributed by atoms with E-state index in [1.807, 2.05) is 0 Å². The van der Waals surface area contributed by atoms with E-state index in [0.717, 1.165) is 0 Å². The maximum atomic E-state index is 13.8. The van der Waals surface area contributed by atoms with E-state index in [1.54, 1.807) is 25.1 Å². The molecule has 1 N–H and O–H groups in total. The van der Waals surface area contributed by atoms with E-state index in [-0.39, 0.29) is 29.4 Å². The highest BCUT2D eigenvalue weighted by Gasteiger charge is 2.40. The summed E-state index contributed by atoms with van der Waals surface area (Å²) in [6, 6.07) is 6.34. The Bertz CT molecular complexity index is 509. The van der Waals surface area contributed by atoms with Gasteiger partial charge in [0.05, 0.1) is 5.25 Å². The minimum atomic E-state index is -0.444. The predicted octanol–water partition coefficient (Wildman–Crippen LogP) is 1.53. The summed E-state index contributed by atoms with van der Waals surface area (Å²) in [4.78, 5) is 25.0. The summed E-state index contributed by atoms with van der Waals surface area (Å²) in [5.74, 6) is -0.755. The molecule has 0 aromatic heterocycles. The van der Waals surface area contributed by atoms with Crippen molar-refractivity contribution < 1.29 is 14.0 Å². The Labute approximate surface area is 115 Å². The van der Waals surface area contributed by atoms with Crippen LogP contribution < -0.4 is 5.32 Å². The van der Waals surface area contributed by atoms with Crippen molar-refractivity contribution >= 4 is 23.6 Å². The maximum absolute atomic E-state index is 13.8. The van der Waals surface area contributed by atoms with Gasteiger partial charge in [-0.3, -0.25) is 9.59 Å². The van der Waals surface area contributed by atoms with E-state index in [0.29, 0.717) is 5.56 Å². The number of nitrogens with zero attached hydrogens (tertiary/aromatic N) is 1. The molecule has 1 aliphatic rings. The van der Waals surface area contributed by atoms with Crippen LogP contribution in [0.3, 0.4) is 0 Å². The van der Waals surface area contributed by atoms with Crippen LogP contribution >= 0.6 is 11.8 Å². The van der Waals surface area contributed by atoms with Crippen LogP contribution in [0.15, 0.2) is 24.3 Å². The number of carbonyl (C=O) groups is 2. The van der Waals surface area contributed by atoms with Crippen LogP contribution in [0.4, 0.5) is 4.39 Å². The second-order valence-corrected chi connectivity index (χ2v) is 5.72. The van der Waals surface area contributed by atoms with E-state index in [1.165, 1.54) is 29.8 Å². The Hall–Kier alpha value is -1.56. The molecule has 1 heterocycles. The number of hydrogen-bond acceptors (Lipinski definition) is 3. The van der Waals surface area contributed by atoms with Gasteiger partial charge in [0.25, 0.3) is 0 Å². The van der Waals surface area contributed by atoms with Crippen molar-refractivity contribution in [2.45, 2.75) is 17.5 Å². The molecule has 4 nitrogen and oxygen atoms in total. The smallest absolute Gasteiger partial charge is 0.239 e. The third kappa shape index (κ3) is 2.73. The fourth-order valence-corrected chi connectivity index (χ4v) is 3.29. The fraction of sp³-hybridized carbons (Fsp3) is 0.385. The van der Waals surface area contributed by atoms with Gasteiger partial charge in [-0.05, 0) is 13.0 Å². The van der Waals surface area contributed by atoms with Gasteiger partial charge < -0.3 is 10.2 Å². The van der Waals surface area contributed by atoms with Crippen LogP contribution in [-0.4, -0.2) is 35.6 Å². The van der Waals surface area contributed by atoms with Gasteiger partial charge in [-0.1, -0.05) is 18.2 Å². The van der Waals surface area contributed by atoms with Gasteiger partial charge >= 0.3 is 0 Å². The van der Waals surface area contributed by atoms with Crippen molar-refractivity contribution in [2.75, 3.05) is 13.6 Å². The Kier molecular flexibility index (Phi) is 4.09. The molecule has 2 rings (SSSR count). The highest BCUT2D eigenvalue weighted by Crippen LogP contribution is 2.43. The first-order valence-electron chi connectivity index (χ1n) is 5.95. The maximum Gasteiger partial charge on any atom is 0.239 e. The molecule has 1 aromatic carbocycles. The first kappa shape index (κ1) is 13.9. The monoisotopic (exact) mass is 282 g/mol. The van der Waals surface area contributed by atoms with Gasteiger partial charge in [-0.2, -0.15) is 0 Å². The van der Waals surface area contributed by atoms with Crippen LogP contribution in [0, 0.1) is 5.82 Å². The van der Waals surface area contributed by atoms with Crippen molar-refractivity contribution in [1.29, 1.82) is 0 Å². The van der Waals surface area contributed by atoms with E-state index >= 15 is 0 Å². The molecule has 102 valence electrons. The zero-order valence-corrected chi connectivity index (χ0v) is 11.5. The SMILES string of the molecule is CNC(=O)CN1C(=O)[C@@H](C)S[C@H]1c1ccccc1F. The molecule has 0 bridgehead atoms. The third-order valence-corrected chi connectivity index (χ3v) is 4.39. The van der Waals surface area contributed by atoms with Crippen LogP contribution in [0.1, 0.15) is 17.9 Å². The highest BCUT2D eigenvalue weighted by molar-refractivity contribution is 8.01. The van der Waals surface area contributed by atoms with Crippen molar-refractivity contribution in [3.05, 3.63) is 35.6 Å². The van der Waals surface area contributed by atoms with Gasteiger partial charge in [-0.15, -0.1) is 11.8 Å². The van der Waals surface area contributed by atoms with Crippen molar-refractivity contribution in [2.24, 2.45) is 0 Å². The first-order valence-corrected chi connectivity index (χ1v) is 6.90. The zero-order valence-electron chi connectivity index (χ0n) is 10.7. The average Bonchev–Trinajstić information content (AvgIpc) is 2.67. The van der Waals surface area contributed by atoms with Gasteiger partial charge in [0.2, 0.25) is 11.8 Å². The second-order valence-electron chi connectivity index (χ2n) is 4.29. The summed E-state index contributed by atoms with van der Waals surface area (Å²) in [5, 5.41) is 1.77. The largest absolute Gasteiger partial charge is 0.358 e. The van der Waals surface area contributed by atoms with Gasteiger partial charge in [0, 0.05) is 12.6 Å². The van der Waals surface area contributed by atoms with Crippen molar-refractivity contribution in [3.8, 4) is 0 Å². The molecule has 1 aliphatic heterocycles. The second kappa shape index (κ2) is 5.61. The van der Waals surface area contributed by atoms with E-state index in [9.17, 15) is 14.0 Å². The molecule has 19 heavy (non-hydrogen) atoms. The lowest BCUT2D eigenvalue weighted by Crippen LogP contribution is -2.39. The third-order valence-electron chi connectivity index (χ3n) is 3.01. The van der Waals surface area contributed by atoms with Crippen LogP contribution in [0.5, 0.6) is 0 Å². The standard InChI is InChI=1S/C13H15FN2O2S/c1-8-12(18)16(7-11(17)15-2)13(19-8)9-5-3-4-6-10(9)14/h3-6,8,13H,7H2,1-2H3,(H,15,17)/t8-,13+/m1/s1. The van der Waals surface area contributed by atoms with Crippen molar-refractivity contribution in [3.63, 3.8) is 0 Å². The summed E-state index contributed by atoms with van der Waals surface area (Å²) < 4.78 is 13.8. The normalized spacial score (nSPS) is 22.7.